The molecular formula is C31H52N6O6. The van der Waals surface area contributed by atoms with E-state index >= 15 is 0 Å². The average molecular weight is 605 g/mol. The summed E-state index contributed by atoms with van der Waals surface area (Å²) in [6.07, 6.45) is 1.26. The summed E-state index contributed by atoms with van der Waals surface area (Å²) >= 11 is 0. The van der Waals surface area contributed by atoms with Crippen LogP contribution in [0.25, 0.3) is 0 Å². The van der Waals surface area contributed by atoms with Crippen LogP contribution in [0.15, 0.2) is 24.3 Å². The van der Waals surface area contributed by atoms with Crippen molar-refractivity contribution < 1.29 is 28.7 Å². The van der Waals surface area contributed by atoms with Gasteiger partial charge in [0.25, 0.3) is 0 Å². The molecule has 0 bridgehead atoms. The van der Waals surface area contributed by atoms with Gasteiger partial charge in [-0.15, -0.1) is 0 Å². The zero-order valence-corrected chi connectivity index (χ0v) is 27.0. The number of nitrogens with one attached hydrogen (secondary N) is 5. The molecule has 0 saturated carbocycles. The molecule has 6 amide bonds. The van der Waals surface area contributed by atoms with Crippen molar-refractivity contribution in [2.75, 3.05) is 18.5 Å². The summed E-state index contributed by atoms with van der Waals surface area (Å²) in [5, 5.41) is 13.8. The number of ether oxygens (including phenoxy) is 1. The minimum atomic E-state index is -0.942. The molecule has 2 atom stereocenters. The molecule has 0 aliphatic heterocycles. The van der Waals surface area contributed by atoms with E-state index in [1.807, 2.05) is 55.4 Å². The molecule has 0 fully saturated rings. The second-order valence-corrected chi connectivity index (χ2v) is 12.6. The Morgan fingerprint density at radius 1 is 0.907 bits per heavy atom. The third-order valence-corrected chi connectivity index (χ3v) is 6.71. The number of primary amides is 1. The number of benzene rings is 1. The van der Waals surface area contributed by atoms with Crippen LogP contribution in [0.3, 0.4) is 0 Å². The topological polar surface area (TPSA) is 181 Å². The van der Waals surface area contributed by atoms with Crippen LogP contribution in [0.1, 0.15) is 86.6 Å². The summed E-state index contributed by atoms with van der Waals surface area (Å²) in [5.41, 5.74) is 5.54. The summed E-state index contributed by atoms with van der Waals surface area (Å²) in [6, 6.07) is 4.53. The van der Waals surface area contributed by atoms with Gasteiger partial charge < -0.3 is 37.1 Å². The van der Waals surface area contributed by atoms with Gasteiger partial charge in [-0.25, -0.2) is 4.79 Å². The van der Waals surface area contributed by atoms with Gasteiger partial charge in [-0.3, -0.25) is 19.2 Å². The number of carbonyl (C=O) groups is 5. The Labute approximate surface area is 256 Å². The van der Waals surface area contributed by atoms with Crippen molar-refractivity contribution >= 4 is 35.3 Å². The van der Waals surface area contributed by atoms with Gasteiger partial charge in [-0.05, 0) is 63.6 Å². The second kappa shape index (κ2) is 17.4. The van der Waals surface area contributed by atoms with Crippen molar-refractivity contribution in [2.24, 2.45) is 17.1 Å². The van der Waals surface area contributed by atoms with Crippen molar-refractivity contribution in [2.45, 2.75) is 105 Å². The van der Waals surface area contributed by atoms with Crippen LogP contribution in [-0.2, 0) is 30.5 Å². The largest absolute Gasteiger partial charge is 0.376 e. The molecule has 7 N–H and O–H groups in total. The van der Waals surface area contributed by atoms with E-state index < -0.39 is 40.9 Å². The van der Waals surface area contributed by atoms with Crippen molar-refractivity contribution in [1.29, 1.82) is 0 Å². The fraction of sp³-hybridized carbons (Fsp3) is 0.645. The quantitative estimate of drug-likeness (QED) is 0.149. The van der Waals surface area contributed by atoms with Gasteiger partial charge in [0, 0.05) is 37.2 Å². The van der Waals surface area contributed by atoms with Crippen molar-refractivity contribution in [3.8, 4) is 0 Å². The number of nitrogens with two attached hydrogens (primary N) is 1. The number of rotatable bonds is 17. The highest BCUT2D eigenvalue weighted by Crippen LogP contribution is 2.17. The van der Waals surface area contributed by atoms with Gasteiger partial charge >= 0.3 is 6.03 Å². The zero-order chi connectivity index (χ0) is 32.8. The number of anilines is 1. The number of urea groups is 1. The van der Waals surface area contributed by atoms with E-state index in [1.165, 1.54) is 0 Å². The smallest absolute Gasteiger partial charge is 0.312 e. The van der Waals surface area contributed by atoms with Gasteiger partial charge in [0.1, 0.15) is 12.1 Å². The van der Waals surface area contributed by atoms with Crippen LogP contribution in [0.5, 0.6) is 0 Å². The maximum atomic E-state index is 13.3. The van der Waals surface area contributed by atoms with Crippen molar-refractivity contribution in [3.63, 3.8) is 0 Å². The highest BCUT2D eigenvalue weighted by Gasteiger charge is 2.29. The average Bonchev–Trinajstić information content (AvgIpc) is 2.90. The second-order valence-electron chi connectivity index (χ2n) is 12.6. The Bertz CT molecular complexity index is 1080. The third-order valence-electron chi connectivity index (χ3n) is 6.71. The Morgan fingerprint density at radius 3 is 2.07 bits per heavy atom. The monoisotopic (exact) mass is 604 g/mol. The molecule has 1 aromatic rings. The SMILES string of the molecule is CCOC(C)(C)CCC(=O)NC(C(=O)N[C@@H](CCCNC(N)=O)C(=O)Nc1ccc(CNC(=O)C(C)(C)C)cc1)C(C)C. The van der Waals surface area contributed by atoms with E-state index in [1.54, 1.807) is 24.3 Å². The van der Waals surface area contributed by atoms with E-state index in [9.17, 15) is 24.0 Å². The molecule has 0 saturated heterocycles. The first-order chi connectivity index (χ1) is 19.9. The Morgan fingerprint density at radius 2 is 1.53 bits per heavy atom. The van der Waals surface area contributed by atoms with Crippen LogP contribution >= 0.6 is 0 Å². The summed E-state index contributed by atoms with van der Waals surface area (Å²) in [7, 11) is 0. The highest BCUT2D eigenvalue weighted by molar-refractivity contribution is 5.98. The molecule has 0 aromatic heterocycles. The number of carbonyl (C=O) groups excluding carboxylic acids is 5. The van der Waals surface area contributed by atoms with Crippen LogP contribution < -0.4 is 32.3 Å². The van der Waals surface area contributed by atoms with Gasteiger partial charge in [-0.1, -0.05) is 46.8 Å². The normalized spacial score (nSPS) is 13.0. The Hall–Kier alpha value is -3.67. The maximum Gasteiger partial charge on any atom is 0.312 e. The van der Waals surface area contributed by atoms with Crippen LogP contribution in [0, 0.1) is 11.3 Å². The molecule has 0 aliphatic carbocycles. The standard InChI is InChI=1S/C31H52N6O6/c1-9-43-31(7,8)17-16-24(38)37-25(20(2)3)27(40)36-23(11-10-18-33-29(32)42)26(39)35-22-14-12-21(13-15-22)19-34-28(41)30(4,5)6/h12-15,20,23,25H,9-11,16-19H2,1-8H3,(H,34,41)(H,35,39)(H,36,40)(H,37,38)(H3,32,33,42)/t23-,25?/m0/s1. The molecule has 0 spiro atoms. The van der Waals surface area contributed by atoms with E-state index in [-0.39, 0.29) is 37.1 Å². The highest BCUT2D eigenvalue weighted by atomic mass is 16.5. The molecule has 0 heterocycles. The number of amides is 6. The third kappa shape index (κ3) is 14.9. The lowest BCUT2D eigenvalue weighted by atomic mass is 9.95. The van der Waals surface area contributed by atoms with Crippen molar-refractivity contribution in [1.82, 2.24) is 21.3 Å². The van der Waals surface area contributed by atoms with Gasteiger partial charge in [0.2, 0.25) is 23.6 Å². The maximum absolute atomic E-state index is 13.3. The van der Waals surface area contributed by atoms with Gasteiger partial charge in [0.05, 0.1) is 5.60 Å². The van der Waals surface area contributed by atoms with E-state index in [4.69, 9.17) is 10.5 Å². The summed E-state index contributed by atoms with van der Waals surface area (Å²) in [6.45, 7) is 15.9. The van der Waals surface area contributed by atoms with Crippen LogP contribution in [0.4, 0.5) is 10.5 Å². The first kappa shape index (κ1) is 37.4. The Kier molecular flexibility index (Phi) is 15.2. The van der Waals surface area contributed by atoms with E-state index in [2.05, 4.69) is 26.6 Å². The first-order valence-electron chi connectivity index (χ1n) is 14.9. The minimum absolute atomic E-state index is 0.0699. The predicted molar refractivity (Wildman–Crippen MR) is 167 cm³/mol. The molecule has 0 radical (unpaired) electrons. The summed E-state index contributed by atoms with van der Waals surface area (Å²) in [5.74, 6) is -1.53. The Balaban J connectivity index is 2.92. The molecule has 1 rings (SSSR count). The molecule has 1 aromatic carbocycles. The first-order valence-corrected chi connectivity index (χ1v) is 14.9. The zero-order valence-electron chi connectivity index (χ0n) is 27.0. The molecule has 12 nitrogen and oxygen atoms in total. The summed E-state index contributed by atoms with van der Waals surface area (Å²) in [4.78, 5) is 62.5. The number of hydrogen-bond acceptors (Lipinski definition) is 6. The molecule has 12 heteroatoms. The van der Waals surface area contributed by atoms with Crippen molar-refractivity contribution in [3.05, 3.63) is 29.8 Å². The summed E-state index contributed by atoms with van der Waals surface area (Å²) < 4.78 is 5.65. The fourth-order valence-electron chi connectivity index (χ4n) is 4.09. The van der Waals surface area contributed by atoms with E-state index in [0.29, 0.717) is 31.7 Å². The lowest BCUT2D eigenvalue weighted by Crippen LogP contribution is -2.54. The lowest BCUT2D eigenvalue weighted by molar-refractivity contribution is -0.132. The van der Waals surface area contributed by atoms with Crippen LogP contribution in [-0.4, -0.2) is 60.5 Å². The predicted octanol–water partition coefficient (Wildman–Crippen LogP) is 2.96. The molecule has 43 heavy (non-hydrogen) atoms. The molecular weight excluding hydrogens is 552 g/mol. The van der Waals surface area contributed by atoms with E-state index in [0.717, 1.165) is 5.56 Å². The van der Waals surface area contributed by atoms with Crippen LogP contribution in [0.2, 0.25) is 0 Å². The van der Waals surface area contributed by atoms with Gasteiger partial charge in [-0.2, -0.15) is 0 Å². The van der Waals surface area contributed by atoms with Gasteiger partial charge in [0.15, 0.2) is 0 Å². The molecule has 0 aliphatic rings. The molecule has 242 valence electrons. The molecule has 1 unspecified atom stereocenters. The lowest BCUT2D eigenvalue weighted by Gasteiger charge is -2.27. The number of hydrogen-bond donors (Lipinski definition) is 6. The minimum Gasteiger partial charge on any atom is -0.376 e. The fourth-order valence-corrected chi connectivity index (χ4v) is 4.09.